The van der Waals surface area contributed by atoms with E-state index in [-0.39, 0.29) is 18.4 Å². The van der Waals surface area contributed by atoms with Gasteiger partial charge in [0.15, 0.2) is 5.69 Å². The van der Waals surface area contributed by atoms with E-state index in [1.165, 1.54) is 0 Å². The molecular weight excluding hydrogens is 357 g/mol. The van der Waals surface area contributed by atoms with Crippen molar-refractivity contribution in [2.75, 3.05) is 13.1 Å². The molecule has 1 atom stereocenters. The molecule has 2 N–H and O–H groups in total. The Morgan fingerprint density at radius 1 is 1.36 bits per heavy atom. The molecule has 1 aliphatic rings. The number of benzene rings is 1. The summed E-state index contributed by atoms with van der Waals surface area (Å²) in [7, 11) is 0. The molecule has 0 saturated carbocycles. The van der Waals surface area contributed by atoms with Crippen LogP contribution in [0.5, 0.6) is 0 Å². The number of carbonyl (C=O) groups is 1. The Kier molecular flexibility index (Phi) is 5.74. The third-order valence-corrected chi connectivity index (χ3v) is 4.02. The molecule has 5 nitrogen and oxygen atoms in total. The molecule has 0 radical (unpaired) electrons. The third-order valence-electron chi connectivity index (χ3n) is 4.02. The lowest BCUT2D eigenvalue weighted by molar-refractivity contribution is -0.143. The highest BCUT2D eigenvalue weighted by molar-refractivity contribution is 5.95. The fourth-order valence-corrected chi connectivity index (χ4v) is 2.81. The molecule has 25 heavy (non-hydrogen) atoms. The molecule has 1 amide bonds. The summed E-state index contributed by atoms with van der Waals surface area (Å²) in [5, 5.41) is 9.52. The number of aryl methyl sites for hydroxylation is 1. The normalized spacial score (nSPS) is 17.2. The number of nitrogens with one attached hydrogen (secondary N) is 2. The van der Waals surface area contributed by atoms with E-state index in [4.69, 9.17) is 0 Å². The minimum atomic E-state index is -4.70. The van der Waals surface area contributed by atoms with Gasteiger partial charge in [0.2, 0.25) is 0 Å². The molecule has 0 aliphatic carbocycles. The first-order valence-corrected chi connectivity index (χ1v) is 7.60. The van der Waals surface area contributed by atoms with Gasteiger partial charge in [0.25, 0.3) is 5.91 Å². The number of hydrogen-bond acceptors (Lipinski definition) is 3. The van der Waals surface area contributed by atoms with Crippen LogP contribution in [-0.4, -0.2) is 34.8 Å². The Bertz CT molecular complexity index is 754. The standard InChI is InChI=1S/C16H17F3N4O.ClH/c1-10-4-2-3-5-13(10)23-14(16(17,18)19)12(9-21-23)15(24)22-11-6-7-20-8-11;/h2-5,9,11,20H,6-8H2,1H3,(H,22,24);1H. The first-order chi connectivity index (χ1) is 11.4. The number of halogens is 4. The molecule has 9 heteroatoms. The fraction of sp³-hybridized carbons (Fsp3) is 0.375. The average Bonchev–Trinajstić information content (AvgIpc) is 3.15. The maximum absolute atomic E-state index is 13.6. The summed E-state index contributed by atoms with van der Waals surface area (Å²) in [5.74, 6) is -0.754. The van der Waals surface area contributed by atoms with Crippen molar-refractivity contribution < 1.29 is 18.0 Å². The van der Waals surface area contributed by atoms with E-state index in [9.17, 15) is 18.0 Å². The Labute approximate surface area is 149 Å². The molecule has 1 saturated heterocycles. The maximum atomic E-state index is 13.6. The molecule has 1 unspecified atom stereocenters. The molecule has 1 aromatic carbocycles. The zero-order chi connectivity index (χ0) is 17.3. The number of para-hydroxylation sites is 1. The Morgan fingerprint density at radius 3 is 2.68 bits per heavy atom. The van der Waals surface area contributed by atoms with E-state index in [1.807, 2.05) is 0 Å². The van der Waals surface area contributed by atoms with Gasteiger partial charge in [-0.1, -0.05) is 18.2 Å². The van der Waals surface area contributed by atoms with Crippen molar-refractivity contribution in [3.63, 3.8) is 0 Å². The van der Waals surface area contributed by atoms with Crippen LogP contribution >= 0.6 is 12.4 Å². The van der Waals surface area contributed by atoms with E-state index >= 15 is 0 Å². The van der Waals surface area contributed by atoms with Crippen LogP contribution < -0.4 is 10.6 Å². The van der Waals surface area contributed by atoms with Crippen molar-refractivity contribution in [2.45, 2.75) is 25.6 Å². The Hall–Kier alpha value is -2.06. The first-order valence-electron chi connectivity index (χ1n) is 7.60. The highest BCUT2D eigenvalue weighted by Gasteiger charge is 2.41. The monoisotopic (exact) mass is 374 g/mol. The summed E-state index contributed by atoms with van der Waals surface area (Å²) in [6.45, 7) is 2.99. The minimum absolute atomic E-state index is 0. The molecule has 2 aromatic rings. The number of nitrogens with zero attached hydrogens (tertiary/aromatic N) is 2. The number of carbonyl (C=O) groups excluding carboxylic acids is 1. The van der Waals surface area contributed by atoms with Gasteiger partial charge in [0, 0.05) is 12.6 Å². The Morgan fingerprint density at radius 2 is 2.08 bits per heavy atom. The van der Waals surface area contributed by atoms with Crippen LogP contribution in [-0.2, 0) is 6.18 Å². The van der Waals surface area contributed by atoms with Gasteiger partial charge in [0.1, 0.15) is 0 Å². The summed E-state index contributed by atoms with van der Waals surface area (Å²) in [4.78, 5) is 12.3. The number of hydrogen-bond donors (Lipinski definition) is 2. The quantitative estimate of drug-likeness (QED) is 0.868. The van der Waals surface area contributed by atoms with Crippen molar-refractivity contribution in [1.82, 2.24) is 20.4 Å². The van der Waals surface area contributed by atoms with Gasteiger partial charge in [-0.05, 0) is 31.5 Å². The summed E-state index contributed by atoms with van der Waals surface area (Å²) in [5.41, 5.74) is -0.581. The van der Waals surface area contributed by atoms with Crippen LogP contribution in [0.4, 0.5) is 13.2 Å². The van der Waals surface area contributed by atoms with Crippen LogP contribution in [0, 0.1) is 6.92 Å². The van der Waals surface area contributed by atoms with Crippen molar-refractivity contribution in [1.29, 1.82) is 0 Å². The van der Waals surface area contributed by atoms with E-state index < -0.39 is 23.3 Å². The molecule has 1 aliphatic heterocycles. The van der Waals surface area contributed by atoms with Crippen molar-refractivity contribution in [2.24, 2.45) is 0 Å². The molecule has 2 heterocycles. The van der Waals surface area contributed by atoms with Gasteiger partial charge < -0.3 is 10.6 Å². The van der Waals surface area contributed by atoms with Crippen LogP contribution in [0.3, 0.4) is 0 Å². The van der Waals surface area contributed by atoms with Gasteiger partial charge >= 0.3 is 6.18 Å². The number of alkyl halides is 3. The van der Waals surface area contributed by atoms with Crippen LogP contribution in [0.15, 0.2) is 30.5 Å². The second-order valence-corrected chi connectivity index (χ2v) is 5.77. The zero-order valence-corrected chi connectivity index (χ0v) is 14.2. The lowest BCUT2D eigenvalue weighted by Gasteiger charge is -2.15. The van der Waals surface area contributed by atoms with E-state index in [2.05, 4.69) is 15.7 Å². The smallest absolute Gasteiger partial charge is 0.348 e. The SMILES string of the molecule is Cc1ccccc1-n1ncc(C(=O)NC2CCNC2)c1C(F)(F)F.Cl. The Balaban J connectivity index is 0.00000225. The number of amides is 1. The van der Waals surface area contributed by atoms with Gasteiger partial charge in [-0.25, -0.2) is 4.68 Å². The predicted molar refractivity (Wildman–Crippen MR) is 89.3 cm³/mol. The second-order valence-electron chi connectivity index (χ2n) is 5.77. The second kappa shape index (κ2) is 7.45. The molecule has 3 rings (SSSR count). The summed E-state index contributed by atoms with van der Waals surface area (Å²) in [6.07, 6.45) is -3.02. The van der Waals surface area contributed by atoms with Gasteiger partial charge in [-0.3, -0.25) is 4.79 Å². The highest BCUT2D eigenvalue weighted by atomic mass is 35.5. The van der Waals surface area contributed by atoms with Crippen molar-refractivity contribution >= 4 is 18.3 Å². The van der Waals surface area contributed by atoms with Gasteiger partial charge in [0.05, 0.1) is 17.4 Å². The first kappa shape index (κ1) is 19.3. The zero-order valence-electron chi connectivity index (χ0n) is 13.4. The molecule has 1 fully saturated rings. The van der Waals surface area contributed by atoms with Crippen LogP contribution in [0.2, 0.25) is 0 Å². The van der Waals surface area contributed by atoms with Crippen LogP contribution in [0.1, 0.15) is 28.0 Å². The van der Waals surface area contributed by atoms with Crippen LogP contribution in [0.25, 0.3) is 5.69 Å². The summed E-state index contributed by atoms with van der Waals surface area (Å²) < 4.78 is 41.5. The van der Waals surface area contributed by atoms with Gasteiger partial charge in [-0.15, -0.1) is 12.4 Å². The van der Waals surface area contributed by atoms with Crippen molar-refractivity contribution in [3.8, 4) is 5.69 Å². The van der Waals surface area contributed by atoms with E-state index in [0.29, 0.717) is 24.2 Å². The maximum Gasteiger partial charge on any atom is 0.434 e. The average molecular weight is 375 g/mol. The molecule has 0 spiro atoms. The topological polar surface area (TPSA) is 59.0 Å². The minimum Gasteiger partial charge on any atom is -0.348 e. The predicted octanol–water partition coefficient (Wildman–Crippen LogP) is 2.71. The number of aromatic nitrogens is 2. The third kappa shape index (κ3) is 3.96. The molecule has 136 valence electrons. The van der Waals surface area contributed by atoms with Crippen molar-refractivity contribution in [3.05, 3.63) is 47.3 Å². The fourth-order valence-electron chi connectivity index (χ4n) is 2.81. The molecule has 0 bridgehead atoms. The lowest BCUT2D eigenvalue weighted by atomic mass is 10.1. The van der Waals surface area contributed by atoms with E-state index in [1.54, 1.807) is 31.2 Å². The van der Waals surface area contributed by atoms with E-state index in [0.717, 1.165) is 17.4 Å². The molecule has 1 aromatic heterocycles. The highest BCUT2D eigenvalue weighted by Crippen LogP contribution is 2.34. The van der Waals surface area contributed by atoms with Gasteiger partial charge in [-0.2, -0.15) is 18.3 Å². The summed E-state index contributed by atoms with van der Waals surface area (Å²) >= 11 is 0. The largest absolute Gasteiger partial charge is 0.434 e. The lowest BCUT2D eigenvalue weighted by Crippen LogP contribution is -2.37. The summed E-state index contributed by atoms with van der Waals surface area (Å²) in [6, 6.07) is 6.44. The number of rotatable bonds is 3. The molecular formula is C16H18ClF3N4O.